The summed E-state index contributed by atoms with van der Waals surface area (Å²) in [5.41, 5.74) is 0. The third kappa shape index (κ3) is 3.30. The second-order valence-electron chi connectivity index (χ2n) is 3.28. The standard InChI is InChI=1S/C10H7ClIN3O2S/c11-9-5-14-10(6-13-9)15-18(16,17)8-3-1-7(12)2-4-8/h1-6H,(H,14,15). The monoisotopic (exact) mass is 395 g/mol. The molecule has 0 aliphatic heterocycles. The molecule has 0 radical (unpaired) electrons. The summed E-state index contributed by atoms with van der Waals surface area (Å²) < 4.78 is 27.2. The van der Waals surface area contributed by atoms with E-state index in [9.17, 15) is 8.42 Å². The molecule has 94 valence electrons. The molecule has 0 amide bonds. The summed E-state index contributed by atoms with van der Waals surface area (Å²) in [7, 11) is -3.64. The predicted octanol–water partition coefficient (Wildman–Crippen LogP) is 2.54. The normalized spacial score (nSPS) is 11.2. The maximum atomic E-state index is 12.0. The van der Waals surface area contributed by atoms with Crippen molar-refractivity contribution in [1.82, 2.24) is 9.97 Å². The van der Waals surface area contributed by atoms with Crippen molar-refractivity contribution in [3.63, 3.8) is 0 Å². The summed E-state index contributed by atoms with van der Waals surface area (Å²) >= 11 is 7.67. The van der Waals surface area contributed by atoms with Crippen LogP contribution >= 0.6 is 34.2 Å². The third-order valence-electron chi connectivity index (χ3n) is 1.98. The maximum absolute atomic E-state index is 12.0. The van der Waals surface area contributed by atoms with Crippen LogP contribution in [0.1, 0.15) is 0 Å². The van der Waals surface area contributed by atoms with Crippen LogP contribution in [0, 0.1) is 3.57 Å². The Morgan fingerprint density at radius 1 is 1.11 bits per heavy atom. The fourth-order valence-electron chi connectivity index (χ4n) is 1.18. The zero-order chi connectivity index (χ0) is 13.2. The van der Waals surface area contributed by atoms with Gasteiger partial charge >= 0.3 is 0 Å². The summed E-state index contributed by atoms with van der Waals surface area (Å²) in [6.07, 6.45) is 2.53. The molecule has 1 aromatic carbocycles. The first kappa shape index (κ1) is 13.5. The van der Waals surface area contributed by atoms with Crippen LogP contribution in [0.4, 0.5) is 5.82 Å². The van der Waals surface area contributed by atoms with Crippen LogP contribution in [0.2, 0.25) is 5.15 Å². The van der Waals surface area contributed by atoms with E-state index in [4.69, 9.17) is 11.6 Å². The molecule has 2 aromatic rings. The molecule has 0 saturated carbocycles. The molecule has 0 unspecified atom stereocenters. The molecule has 0 atom stereocenters. The third-order valence-corrected chi connectivity index (χ3v) is 4.27. The van der Waals surface area contributed by atoms with Gasteiger partial charge in [0.15, 0.2) is 5.82 Å². The van der Waals surface area contributed by atoms with E-state index in [0.29, 0.717) is 0 Å². The summed E-state index contributed by atoms with van der Waals surface area (Å²) in [5, 5.41) is 0.201. The van der Waals surface area contributed by atoms with Crippen molar-refractivity contribution in [1.29, 1.82) is 0 Å². The van der Waals surface area contributed by atoms with Gasteiger partial charge in [0.1, 0.15) is 5.15 Å². The van der Waals surface area contributed by atoms with Crippen molar-refractivity contribution in [2.75, 3.05) is 4.72 Å². The molecule has 8 heteroatoms. The lowest BCUT2D eigenvalue weighted by Gasteiger charge is -2.06. The minimum atomic E-state index is -3.64. The maximum Gasteiger partial charge on any atom is 0.263 e. The van der Waals surface area contributed by atoms with Crippen LogP contribution in [-0.2, 0) is 10.0 Å². The smallest absolute Gasteiger partial charge is 0.262 e. The molecule has 0 spiro atoms. The second kappa shape index (κ2) is 5.37. The van der Waals surface area contributed by atoms with Gasteiger partial charge in [-0.25, -0.2) is 18.4 Å². The Kier molecular flexibility index (Phi) is 4.03. The van der Waals surface area contributed by atoms with Crippen molar-refractivity contribution >= 4 is 50.0 Å². The predicted molar refractivity (Wildman–Crippen MR) is 77.0 cm³/mol. The van der Waals surface area contributed by atoms with E-state index in [-0.39, 0.29) is 15.9 Å². The summed E-state index contributed by atoms with van der Waals surface area (Å²) in [6.45, 7) is 0. The van der Waals surface area contributed by atoms with Crippen molar-refractivity contribution in [3.8, 4) is 0 Å². The average molecular weight is 396 g/mol. The Hall–Kier alpha value is -0.930. The highest BCUT2D eigenvalue weighted by atomic mass is 127. The molecule has 1 aromatic heterocycles. The fraction of sp³-hybridized carbons (Fsp3) is 0. The zero-order valence-electron chi connectivity index (χ0n) is 8.84. The van der Waals surface area contributed by atoms with Gasteiger partial charge in [-0.05, 0) is 46.9 Å². The summed E-state index contributed by atoms with van der Waals surface area (Å²) in [5.74, 6) is 0.123. The van der Waals surface area contributed by atoms with Gasteiger partial charge in [0.05, 0.1) is 17.3 Å². The largest absolute Gasteiger partial charge is 0.263 e. The highest BCUT2D eigenvalue weighted by molar-refractivity contribution is 14.1. The molecule has 0 fully saturated rings. The quantitative estimate of drug-likeness (QED) is 0.811. The molecule has 0 saturated heterocycles. The lowest BCUT2D eigenvalue weighted by molar-refractivity contribution is 0.601. The number of nitrogens with zero attached hydrogens (tertiary/aromatic N) is 2. The molecular weight excluding hydrogens is 389 g/mol. The second-order valence-corrected chi connectivity index (χ2v) is 6.60. The lowest BCUT2D eigenvalue weighted by Crippen LogP contribution is -2.14. The molecular formula is C10H7ClIN3O2S. The minimum absolute atomic E-state index is 0.123. The lowest BCUT2D eigenvalue weighted by atomic mass is 10.4. The molecule has 1 N–H and O–H groups in total. The van der Waals surface area contributed by atoms with Crippen molar-refractivity contribution in [2.24, 2.45) is 0 Å². The van der Waals surface area contributed by atoms with E-state index < -0.39 is 10.0 Å². The van der Waals surface area contributed by atoms with Crippen LogP contribution in [0.5, 0.6) is 0 Å². The molecule has 0 aliphatic carbocycles. The topological polar surface area (TPSA) is 72.0 Å². The van der Waals surface area contributed by atoms with Gasteiger partial charge in [-0.2, -0.15) is 0 Å². The van der Waals surface area contributed by atoms with Crippen LogP contribution in [0.15, 0.2) is 41.6 Å². The number of hydrogen-bond donors (Lipinski definition) is 1. The molecule has 5 nitrogen and oxygen atoms in total. The number of nitrogens with one attached hydrogen (secondary N) is 1. The van der Waals surface area contributed by atoms with E-state index in [1.165, 1.54) is 24.5 Å². The summed E-state index contributed by atoms with van der Waals surface area (Å²) in [6, 6.07) is 6.46. The molecule has 0 aliphatic rings. The minimum Gasteiger partial charge on any atom is -0.262 e. The van der Waals surface area contributed by atoms with Gasteiger partial charge < -0.3 is 0 Å². The SMILES string of the molecule is O=S(=O)(Nc1cnc(Cl)cn1)c1ccc(I)cc1. The van der Waals surface area contributed by atoms with E-state index in [0.717, 1.165) is 3.57 Å². The van der Waals surface area contributed by atoms with Crippen LogP contribution in [-0.4, -0.2) is 18.4 Å². The van der Waals surface area contributed by atoms with E-state index in [1.54, 1.807) is 12.1 Å². The van der Waals surface area contributed by atoms with E-state index >= 15 is 0 Å². The van der Waals surface area contributed by atoms with Gasteiger partial charge in [-0.1, -0.05) is 11.6 Å². The Morgan fingerprint density at radius 3 is 2.33 bits per heavy atom. The van der Waals surface area contributed by atoms with E-state index in [1.807, 2.05) is 0 Å². The van der Waals surface area contributed by atoms with Crippen molar-refractivity contribution in [2.45, 2.75) is 4.90 Å². The average Bonchev–Trinajstić information content (AvgIpc) is 2.32. The fourth-order valence-corrected chi connectivity index (χ4v) is 2.63. The van der Waals surface area contributed by atoms with Gasteiger partial charge in [0.2, 0.25) is 0 Å². The van der Waals surface area contributed by atoms with Crippen LogP contribution < -0.4 is 4.72 Å². The number of halogens is 2. The Morgan fingerprint density at radius 2 is 1.78 bits per heavy atom. The van der Waals surface area contributed by atoms with Gasteiger partial charge in [0, 0.05) is 3.57 Å². The molecule has 0 bridgehead atoms. The van der Waals surface area contributed by atoms with Crippen LogP contribution in [0.25, 0.3) is 0 Å². The van der Waals surface area contributed by atoms with Gasteiger partial charge in [0.25, 0.3) is 10.0 Å². The number of hydrogen-bond acceptors (Lipinski definition) is 4. The Bertz CT molecular complexity index is 644. The van der Waals surface area contributed by atoms with Gasteiger partial charge in [-0.3, -0.25) is 4.72 Å². The Labute approximate surface area is 123 Å². The van der Waals surface area contributed by atoms with Crippen molar-refractivity contribution in [3.05, 3.63) is 45.4 Å². The highest BCUT2D eigenvalue weighted by Gasteiger charge is 2.14. The highest BCUT2D eigenvalue weighted by Crippen LogP contribution is 2.15. The first-order chi connectivity index (χ1) is 8.47. The molecule has 1 heterocycles. The number of anilines is 1. The number of rotatable bonds is 3. The Balaban J connectivity index is 2.27. The first-order valence-corrected chi connectivity index (χ1v) is 7.67. The van der Waals surface area contributed by atoms with Gasteiger partial charge in [-0.15, -0.1) is 0 Å². The first-order valence-electron chi connectivity index (χ1n) is 4.73. The zero-order valence-corrected chi connectivity index (χ0v) is 12.6. The number of sulfonamides is 1. The number of benzene rings is 1. The molecule has 18 heavy (non-hydrogen) atoms. The van der Waals surface area contributed by atoms with E-state index in [2.05, 4.69) is 37.3 Å². The number of aromatic nitrogens is 2. The molecule has 2 rings (SSSR count). The summed E-state index contributed by atoms with van der Waals surface area (Å²) in [4.78, 5) is 7.73. The van der Waals surface area contributed by atoms with Crippen LogP contribution in [0.3, 0.4) is 0 Å². The van der Waals surface area contributed by atoms with Crippen molar-refractivity contribution < 1.29 is 8.42 Å².